The molecule has 0 amide bonds. The lowest BCUT2D eigenvalue weighted by molar-refractivity contribution is 0.350. The van der Waals surface area contributed by atoms with Gasteiger partial charge in [0.1, 0.15) is 12.4 Å². The van der Waals surface area contributed by atoms with Gasteiger partial charge in [-0.15, -0.1) is 0 Å². The molecule has 0 atom stereocenters. The minimum absolute atomic E-state index is 0.107. The van der Waals surface area contributed by atoms with Gasteiger partial charge in [-0.2, -0.15) is 12.6 Å². The third-order valence-corrected chi connectivity index (χ3v) is 2.76. The van der Waals surface area contributed by atoms with Crippen molar-refractivity contribution in [1.29, 1.82) is 0 Å². The maximum absolute atomic E-state index is 5.83. The number of thiol groups is 1. The highest BCUT2D eigenvalue weighted by Crippen LogP contribution is 2.31. The van der Waals surface area contributed by atoms with Crippen molar-refractivity contribution in [3.63, 3.8) is 0 Å². The first-order valence-electron chi connectivity index (χ1n) is 5.95. The summed E-state index contributed by atoms with van der Waals surface area (Å²) < 4.78 is 5.83. The van der Waals surface area contributed by atoms with Crippen LogP contribution in [0.5, 0.6) is 5.75 Å². The predicted molar refractivity (Wildman–Crippen MR) is 78.4 cm³/mol. The first-order chi connectivity index (χ1) is 7.95. The van der Waals surface area contributed by atoms with Gasteiger partial charge in [-0.1, -0.05) is 45.1 Å². The first kappa shape index (κ1) is 14.2. The summed E-state index contributed by atoms with van der Waals surface area (Å²) in [5, 5.41) is 0. The Bertz CT molecular complexity index is 388. The van der Waals surface area contributed by atoms with E-state index in [1.165, 1.54) is 11.1 Å². The van der Waals surface area contributed by atoms with Gasteiger partial charge >= 0.3 is 0 Å². The van der Waals surface area contributed by atoms with Crippen LogP contribution >= 0.6 is 12.6 Å². The molecule has 1 aromatic carbocycles. The standard InChI is InChI=1S/C15H22OS/c1-12-7-8-13(15(2,3)4)14(11-12)16-9-5-6-10-17/h5-8,11,17H,9-10H2,1-4H3. The monoisotopic (exact) mass is 250 g/mol. The molecule has 0 unspecified atom stereocenters. The van der Waals surface area contributed by atoms with Crippen molar-refractivity contribution in [3.8, 4) is 5.75 Å². The van der Waals surface area contributed by atoms with E-state index in [4.69, 9.17) is 4.74 Å². The lowest BCUT2D eigenvalue weighted by Crippen LogP contribution is -2.13. The van der Waals surface area contributed by atoms with Crippen molar-refractivity contribution in [2.24, 2.45) is 0 Å². The molecular formula is C15H22OS. The minimum atomic E-state index is 0.107. The van der Waals surface area contributed by atoms with Crippen LogP contribution in [-0.2, 0) is 5.41 Å². The Kier molecular flexibility index (Phi) is 5.13. The van der Waals surface area contributed by atoms with Crippen LogP contribution in [0.3, 0.4) is 0 Å². The van der Waals surface area contributed by atoms with Gasteiger partial charge in [-0.25, -0.2) is 0 Å². The summed E-state index contributed by atoms with van der Waals surface area (Å²) in [6.45, 7) is 9.30. The van der Waals surface area contributed by atoms with Crippen LogP contribution in [0.15, 0.2) is 30.4 Å². The van der Waals surface area contributed by atoms with Gasteiger partial charge in [-0.05, 0) is 29.5 Å². The van der Waals surface area contributed by atoms with Gasteiger partial charge in [0.2, 0.25) is 0 Å². The Balaban J connectivity index is 2.88. The highest BCUT2D eigenvalue weighted by atomic mass is 32.1. The summed E-state index contributed by atoms with van der Waals surface area (Å²) in [5.74, 6) is 1.74. The van der Waals surface area contributed by atoms with Crippen molar-refractivity contribution < 1.29 is 4.74 Å². The summed E-state index contributed by atoms with van der Waals surface area (Å²) in [4.78, 5) is 0. The van der Waals surface area contributed by atoms with E-state index in [9.17, 15) is 0 Å². The number of aryl methyl sites for hydroxylation is 1. The van der Waals surface area contributed by atoms with Gasteiger partial charge in [-0.3, -0.25) is 0 Å². The highest BCUT2D eigenvalue weighted by molar-refractivity contribution is 7.80. The van der Waals surface area contributed by atoms with Crippen molar-refractivity contribution in [2.45, 2.75) is 33.1 Å². The smallest absolute Gasteiger partial charge is 0.123 e. The maximum Gasteiger partial charge on any atom is 0.123 e. The highest BCUT2D eigenvalue weighted by Gasteiger charge is 2.18. The van der Waals surface area contributed by atoms with Gasteiger partial charge in [0.25, 0.3) is 0 Å². The molecule has 17 heavy (non-hydrogen) atoms. The topological polar surface area (TPSA) is 9.23 Å². The van der Waals surface area contributed by atoms with E-state index in [1.807, 2.05) is 12.2 Å². The average Bonchev–Trinajstić information content (AvgIpc) is 2.23. The Hall–Kier alpha value is -0.890. The summed E-state index contributed by atoms with van der Waals surface area (Å²) in [7, 11) is 0. The van der Waals surface area contributed by atoms with Crippen molar-refractivity contribution >= 4 is 12.6 Å². The third kappa shape index (κ3) is 4.47. The molecule has 0 aromatic heterocycles. The molecule has 0 radical (unpaired) electrons. The van der Waals surface area contributed by atoms with Crippen LogP contribution in [-0.4, -0.2) is 12.4 Å². The van der Waals surface area contributed by atoms with E-state index in [0.29, 0.717) is 6.61 Å². The summed E-state index contributed by atoms with van der Waals surface area (Å²) in [5.41, 5.74) is 2.59. The molecule has 0 fully saturated rings. The molecule has 0 aliphatic rings. The summed E-state index contributed by atoms with van der Waals surface area (Å²) >= 11 is 4.12. The van der Waals surface area contributed by atoms with E-state index in [1.54, 1.807) is 0 Å². The van der Waals surface area contributed by atoms with Crippen molar-refractivity contribution in [1.82, 2.24) is 0 Å². The number of ether oxygens (including phenoxy) is 1. The number of hydrogen-bond donors (Lipinski definition) is 1. The summed E-state index contributed by atoms with van der Waals surface area (Å²) in [6.07, 6.45) is 4.00. The van der Waals surface area contributed by atoms with Crippen LogP contribution in [0.1, 0.15) is 31.9 Å². The molecule has 94 valence electrons. The van der Waals surface area contributed by atoms with Crippen LogP contribution in [0.4, 0.5) is 0 Å². The fourth-order valence-corrected chi connectivity index (χ4v) is 1.80. The van der Waals surface area contributed by atoms with E-state index >= 15 is 0 Å². The Morgan fingerprint density at radius 2 is 1.94 bits per heavy atom. The zero-order valence-electron chi connectivity index (χ0n) is 11.2. The fraction of sp³-hybridized carbons (Fsp3) is 0.467. The van der Waals surface area contributed by atoms with Crippen LogP contribution in [0.2, 0.25) is 0 Å². The molecular weight excluding hydrogens is 228 g/mol. The van der Waals surface area contributed by atoms with Gasteiger partial charge in [0.15, 0.2) is 0 Å². The molecule has 0 spiro atoms. The van der Waals surface area contributed by atoms with Crippen molar-refractivity contribution in [2.75, 3.05) is 12.4 Å². The van der Waals surface area contributed by atoms with E-state index in [-0.39, 0.29) is 5.41 Å². The first-order valence-corrected chi connectivity index (χ1v) is 6.58. The normalized spacial score (nSPS) is 12.1. The zero-order valence-corrected chi connectivity index (χ0v) is 12.1. The zero-order chi connectivity index (χ0) is 12.9. The Morgan fingerprint density at radius 3 is 2.53 bits per heavy atom. The predicted octanol–water partition coefficient (Wildman–Crippen LogP) is 4.16. The van der Waals surface area contributed by atoms with Gasteiger partial charge < -0.3 is 4.74 Å². The van der Waals surface area contributed by atoms with Gasteiger partial charge in [0.05, 0.1) is 0 Å². The van der Waals surface area contributed by atoms with Crippen LogP contribution < -0.4 is 4.74 Å². The molecule has 0 N–H and O–H groups in total. The average molecular weight is 250 g/mol. The maximum atomic E-state index is 5.83. The lowest BCUT2D eigenvalue weighted by atomic mass is 9.86. The van der Waals surface area contributed by atoms with Crippen LogP contribution in [0, 0.1) is 6.92 Å². The number of rotatable bonds is 4. The molecule has 0 aliphatic heterocycles. The second kappa shape index (κ2) is 6.15. The molecule has 1 rings (SSSR count). The number of benzene rings is 1. The second-order valence-corrected chi connectivity index (χ2v) is 5.58. The fourth-order valence-electron chi connectivity index (χ4n) is 1.65. The van der Waals surface area contributed by atoms with Crippen LogP contribution in [0.25, 0.3) is 0 Å². The number of hydrogen-bond acceptors (Lipinski definition) is 2. The third-order valence-electron chi connectivity index (χ3n) is 2.55. The SMILES string of the molecule is Cc1ccc(C(C)(C)C)c(OCC=CCS)c1. The largest absolute Gasteiger partial charge is 0.489 e. The van der Waals surface area contributed by atoms with E-state index in [0.717, 1.165) is 11.5 Å². The molecule has 1 aromatic rings. The molecule has 0 saturated heterocycles. The summed E-state index contributed by atoms with van der Waals surface area (Å²) in [6, 6.07) is 6.40. The molecule has 0 bridgehead atoms. The second-order valence-electron chi connectivity index (χ2n) is 5.21. The molecule has 2 heteroatoms. The Labute approximate surface area is 110 Å². The van der Waals surface area contributed by atoms with Crippen molar-refractivity contribution in [3.05, 3.63) is 41.5 Å². The van der Waals surface area contributed by atoms with E-state index < -0.39 is 0 Å². The molecule has 1 nitrogen and oxygen atoms in total. The molecule has 0 saturated carbocycles. The minimum Gasteiger partial charge on any atom is -0.489 e. The molecule has 0 aliphatic carbocycles. The molecule has 0 heterocycles. The lowest BCUT2D eigenvalue weighted by Gasteiger charge is -2.23. The Morgan fingerprint density at radius 1 is 1.24 bits per heavy atom. The van der Waals surface area contributed by atoms with Gasteiger partial charge in [0, 0.05) is 5.75 Å². The quantitative estimate of drug-likeness (QED) is 0.623. The van der Waals surface area contributed by atoms with E-state index in [2.05, 4.69) is 58.5 Å².